The molecule has 0 saturated carbocycles. The third-order valence-corrected chi connectivity index (χ3v) is 5.76. The Bertz CT molecular complexity index is 1600. The van der Waals surface area contributed by atoms with Gasteiger partial charge in [-0.05, 0) is 66.3 Å². The van der Waals surface area contributed by atoms with Crippen LogP contribution in [-0.4, -0.2) is 6.18 Å². The Hall–Kier alpha value is -4.42. The lowest BCUT2D eigenvalue weighted by Crippen LogP contribution is -2.14. The highest BCUT2D eigenvalue weighted by Gasteiger charge is 2.31. The first-order valence-electron chi connectivity index (χ1n) is 11.6. The lowest BCUT2D eigenvalue weighted by Gasteiger charge is -2.08. The van der Waals surface area contributed by atoms with Crippen molar-refractivity contribution in [3.63, 3.8) is 0 Å². The SMILES string of the molecule is C=CCCc1ccc(C#Cc2ccc3c(F)c(C#Cc4cc(F)c(CC(F)(F)F)c(F)c4)ccc3c2)cc1. The number of hydrogen-bond donors (Lipinski definition) is 0. The minimum absolute atomic E-state index is 0.0203. The molecule has 0 nitrogen and oxygen atoms in total. The smallest absolute Gasteiger partial charge is 0.207 e. The van der Waals surface area contributed by atoms with Crippen LogP contribution in [0.2, 0.25) is 0 Å². The Balaban J connectivity index is 1.55. The van der Waals surface area contributed by atoms with Crippen molar-refractivity contribution in [2.45, 2.75) is 25.4 Å². The van der Waals surface area contributed by atoms with Gasteiger partial charge in [-0.1, -0.05) is 54.0 Å². The first kappa shape index (κ1) is 26.6. The van der Waals surface area contributed by atoms with Crippen molar-refractivity contribution in [1.82, 2.24) is 0 Å². The molecule has 0 unspecified atom stereocenters. The van der Waals surface area contributed by atoms with Gasteiger partial charge in [0.1, 0.15) is 17.5 Å². The van der Waals surface area contributed by atoms with Crippen LogP contribution >= 0.6 is 0 Å². The average molecular weight is 519 g/mol. The molecule has 0 aliphatic carbocycles. The molecule has 0 bridgehead atoms. The van der Waals surface area contributed by atoms with Crippen molar-refractivity contribution in [2.24, 2.45) is 0 Å². The summed E-state index contributed by atoms with van der Waals surface area (Å²) >= 11 is 0. The van der Waals surface area contributed by atoms with E-state index in [1.54, 1.807) is 24.3 Å². The summed E-state index contributed by atoms with van der Waals surface area (Å²) in [4.78, 5) is 0. The quantitative estimate of drug-likeness (QED) is 0.145. The van der Waals surface area contributed by atoms with Gasteiger partial charge in [-0.2, -0.15) is 13.2 Å². The zero-order chi connectivity index (χ0) is 27.3. The molecule has 0 heterocycles. The number of benzene rings is 4. The molecule has 38 heavy (non-hydrogen) atoms. The maximum absolute atomic E-state index is 15.1. The predicted octanol–water partition coefficient (Wildman–Crippen LogP) is 8.28. The van der Waals surface area contributed by atoms with Crippen LogP contribution in [0, 0.1) is 41.1 Å². The van der Waals surface area contributed by atoms with E-state index >= 15 is 4.39 Å². The summed E-state index contributed by atoms with van der Waals surface area (Å²) in [7, 11) is 0. The molecule has 190 valence electrons. The summed E-state index contributed by atoms with van der Waals surface area (Å²) in [6, 6.07) is 17.4. The van der Waals surface area contributed by atoms with Gasteiger partial charge < -0.3 is 0 Å². The molecule has 4 aromatic rings. The first-order valence-corrected chi connectivity index (χ1v) is 11.6. The van der Waals surface area contributed by atoms with Crippen molar-refractivity contribution >= 4 is 10.8 Å². The summed E-state index contributed by atoms with van der Waals surface area (Å²) in [6.07, 6.45) is -2.79. The van der Waals surface area contributed by atoms with Gasteiger partial charge in [0.2, 0.25) is 0 Å². The van der Waals surface area contributed by atoms with E-state index in [0.717, 1.165) is 18.4 Å². The fourth-order valence-electron chi connectivity index (χ4n) is 3.82. The Kier molecular flexibility index (Phi) is 7.93. The van der Waals surface area contributed by atoms with E-state index in [2.05, 4.69) is 30.3 Å². The van der Waals surface area contributed by atoms with Gasteiger partial charge in [-0.25, -0.2) is 13.2 Å². The molecule has 4 rings (SSSR count). The average Bonchev–Trinajstić information content (AvgIpc) is 2.88. The molecule has 0 amide bonds. The fourth-order valence-corrected chi connectivity index (χ4v) is 3.82. The molecule has 0 atom stereocenters. The summed E-state index contributed by atoms with van der Waals surface area (Å²) in [5.74, 6) is 7.75. The van der Waals surface area contributed by atoms with Crippen molar-refractivity contribution in [2.75, 3.05) is 0 Å². The van der Waals surface area contributed by atoms with Gasteiger partial charge in [0, 0.05) is 27.6 Å². The molecule has 0 spiro atoms. The van der Waals surface area contributed by atoms with Gasteiger partial charge in [-0.15, -0.1) is 6.58 Å². The largest absolute Gasteiger partial charge is 0.393 e. The van der Waals surface area contributed by atoms with Gasteiger partial charge in [0.15, 0.2) is 0 Å². The number of fused-ring (bicyclic) bond motifs is 1. The second-order valence-electron chi connectivity index (χ2n) is 8.60. The van der Waals surface area contributed by atoms with Gasteiger partial charge in [0.05, 0.1) is 12.0 Å². The van der Waals surface area contributed by atoms with E-state index in [4.69, 9.17) is 0 Å². The molecule has 0 aliphatic rings. The van der Waals surface area contributed by atoms with Crippen LogP contribution in [0.1, 0.15) is 39.8 Å². The van der Waals surface area contributed by atoms with Crippen molar-refractivity contribution < 1.29 is 26.3 Å². The fraction of sp³-hybridized carbons (Fsp3) is 0.125. The van der Waals surface area contributed by atoms with Crippen LogP contribution in [-0.2, 0) is 12.8 Å². The Morgan fingerprint density at radius 1 is 0.711 bits per heavy atom. The molecule has 0 saturated heterocycles. The number of halogens is 6. The van der Waals surface area contributed by atoms with Crippen molar-refractivity contribution in [1.29, 1.82) is 0 Å². The maximum Gasteiger partial charge on any atom is 0.393 e. The van der Waals surface area contributed by atoms with Crippen molar-refractivity contribution in [3.05, 3.63) is 130 Å². The van der Waals surface area contributed by atoms with Gasteiger partial charge in [-0.3, -0.25) is 0 Å². The standard InChI is InChI=1S/C32H20F6/c1-2-3-4-21-5-7-22(8-6-21)9-10-23-12-16-27-26(17-23)15-14-25(31(27)35)13-11-24-18-29(33)28(30(34)19-24)20-32(36,37)38/h2,5-8,12,14-19H,1,3-4,20H2. The van der Waals surface area contributed by atoms with Crippen LogP contribution in [0.25, 0.3) is 10.8 Å². The number of rotatable bonds is 4. The van der Waals surface area contributed by atoms with Crippen LogP contribution in [0.5, 0.6) is 0 Å². The minimum Gasteiger partial charge on any atom is -0.207 e. The maximum atomic E-state index is 15.1. The zero-order valence-electron chi connectivity index (χ0n) is 20.0. The van der Waals surface area contributed by atoms with Gasteiger partial charge in [0.25, 0.3) is 0 Å². The Labute approximate surface area is 216 Å². The number of aryl methyl sites for hydroxylation is 1. The van der Waals surface area contributed by atoms with Crippen LogP contribution in [0.15, 0.2) is 79.4 Å². The zero-order valence-corrected chi connectivity index (χ0v) is 20.0. The highest BCUT2D eigenvalue weighted by Crippen LogP contribution is 2.26. The number of alkyl halides is 3. The summed E-state index contributed by atoms with van der Waals surface area (Å²) in [6.45, 7) is 3.72. The minimum atomic E-state index is -4.76. The van der Waals surface area contributed by atoms with Crippen LogP contribution in [0.3, 0.4) is 0 Å². The summed E-state index contributed by atoms with van der Waals surface area (Å²) in [5.41, 5.74) is 1.43. The predicted molar refractivity (Wildman–Crippen MR) is 137 cm³/mol. The van der Waals surface area contributed by atoms with E-state index < -0.39 is 35.6 Å². The van der Waals surface area contributed by atoms with E-state index in [-0.39, 0.29) is 16.5 Å². The third-order valence-electron chi connectivity index (χ3n) is 5.76. The highest BCUT2D eigenvalue weighted by atomic mass is 19.4. The third kappa shape index (κ3) is 6.66. The number of hydrogen-bond acceptors (Lipinski definition) is 0. The second-order valence-corrected chi connectivity index (χ2v) is 8.60. The molecular weight excluding hydrogens is 498 g/mol. The Morgan fingerprint density at radius 3 is 2.00 bits per heavy atom. The van der Waals surface area contributed by atoms with Crippen LogP contribution < -0.4 is 0 Å². The Morgan fingerprint density at radius 2 is 1.34 bits per heavy atom. The molecule has 0 N–H and O–H groups in total. The summed E-state index contributed by atoms with van der Waals surface area (Å²) < 4.78 is 80.7. The molecule has 4 aromatic carbocycles. The van der Waals surface area contributed by atoms with E-state index in [1.165, 1.54) is 11.6 Å². The second kappa shape index (κ2) is 11.3. The number of allylic oxidation sites excluding steroid dienone is 1. The monoisotopic (exact) mass is 518 g/mol. The van der Waals surface area contributed by atoms with E-state index in [1.807, 2.05) is 30.3 Å². The molecule has 6 heteroatoms. The molecule has 0 fully saturated rings. The first-order chi connectivity index (χ1) is 18.1. The molecular formula is C32H20F6. The topological polar surface area (TPSA) is 0 Å². The normalized spacial score (nSPS) is 10.9. The lowest BCUT2D eigenvalue weighted by molar-refractivity contribution is -0.128. The highest BCUT2D eigenvalue weighted by molar-refractivity contribution is 5.86. The molecule has 0 aliphatic heterocycles. The lowest BCUT2D eigenvalue weighted by atomic mass is 10.0. The van der Waals surface area contributed by atoms with E-state index in [0.29, 0.717) is 23.1 Å². The van der Waals surface area contributed by atoms with Gasteiger partial charge >= 0.3 is 6.18 Å². The van der Waals surface area contributed by atoms with Crippen molar-refractivity contribution in [3.8, 4) is 23.7 Å². The summed E-state index contributed by atoms with van der Waals surface area (Å²) in [5, 5.41) is 0.875. The van der Waals surface area contributed by atoms with Crippen LogP contribution in [0.4, 0.5) is 26.3 Å². The molecule has 0 radical (unpaired) electrons. The molecule has 0 aromatic heterocycles. The van der Waals surface area contributed by atoms with E-state index in [9.17, 15) is 22.0 Å².